The van der Waals surface area contributed by atoms with Crippen molar-refractivity contribution in [3.05, 3.63) is 35.4 Å². The van der Waals surface area contributed by atoms with Gasteiger partial charge in [-0.2, -0.15) is 0 Å². The van der Waals surface area contributed by atoms with E-state index in [1.807, 2.05) is 43.1 Å². The Morgan fingerprint density at radius 1 is 1.13 bits per heavy atom. The Hall–Kier alpha value is -1.39. The molecule has 0 saturated carbocycles. The minimum absolute atomic E-state index is 0. The van der Waals surface area contributed by atoms with Crippen molar-refractivity contribution in [2.45, 2.75) is 32.6 Å². The molecule has 1 heterocycles. The molecule has 1 aromatic rings. The van der Waals surface area contributed by atoms with E-state index in [0.717, 1.165) is 38.0 Å². The summed E-state index contributed by atoms with van der Waals surface area (Å²) in [6.07, 6.45) is 2.73. The lowest BCUT2D eigenvalue weighted by molar-refractivity contribution is -0.132. The molecule has 0 radical (unpaired) electrons. The summed E-state index contributed by atoms with van der Waals surface area (Å²) in [5, 5.41) is 3.20. The predicted molar refractivity (Wildman–Crippen MR) is 95.2 cm³/mol. The summed E-state index contributed by atoms with van der Waals surface area (Å²) < 4.78 is 0. The second-order valence-electron chi connectivity index (χ2n) is 6.17. The number of likely N-dealkylation sites (tertiary alicyclic amines) is 1. The van der Waals surface area contributed by atoms with Crippen molar-refractivity contribution in [2.24, 2.45) is 5.92 Å². The molecule has 0 atom stereocenters. The summed E-state index contributed by atoms with van der Waals surface area (Å²) in [5.41, 5.74) is 1.84. The van der Waals surface area contributed by atoms with Crippen LogP contribution in [0.2, 0.25) is 0 Å². The van der Waals surface area contributed by atoms with Crippen LogP contribution < -0.4 is 5.32 Å². The first-order valence-corrected chi connectivity index (χ1v) is 8.12. The van der Waals surface area contributed by atoms with Gasteiger partial charge in [0.25, 0.3) is 0 Å². The number of carbonyl (C=O) groups excluding carboxylic acids is 2. The number of benzene rings is 1. The van der Waals surface area contributed by atoms with E-state index < -0.39 is 0 Å². The average Bonchev–Trinajstić information content (AvgIpc) is 2.54. The molecule has 1 amide bonds. The van der Waals surface area contributed by atoms with Gasteiger partial charge in [0.1, 0.15) is 0 Å². The molecule has 0 aliphatic carbocycles. The zero-order chi connectivity index (χ0) is 15.9. The molecule has 1 aromatic carbocycles. The molecule has 0 spiro atoms. The quantitative estimate of drug-likeness (QED) is 0.811. The highest BCUT2D eigenvalue weighted by Gasteiger charge is 2.22. The molecule has 2 rings (SSSR count). The van der Waals surface area contributed by atoms with Gasteiger partial charge in [0.05, 0.1) is 0 Å². The molecule has 4 nitrogen and oxygen atoms in total. The lowest BCUT2D eigenvalue weighted by atomic mass is 9.96. The summed E-state index contributed by atoms with van der Waals surface area (Å²) in [6, 6.07) is 7.54. The summed E-state index contributed by atoms with van der Waals surface area (Å²) in [5.74, 6) is 0.838. The highest BCUT2D eigenvalue weighted by atomic mass is 35.5. The van der Waals surface area contributed by atoms with Crippen LogP contribution in [-0.2, 0) is 4.79 Å². The first-order valence-electron chi connectivity index (χ1n) is 8.12. The lowest BCUT2D eigenvalue weighted by Gasteiger charge is -2.32. The smallest absolute Gasteiger partial charge is 0.223 e. The molecule has 1 fully saturated rings. The minimum atomic E-state index is 0. The number of halogens is 1. The highest BCUT2D eigenvalue weighted by Crippen LogP contribution is 2.17. The third-order valence-corrected chi connectivity index (χ3v) is 4.40. The van der Waals surface area contributed by atoms with Crippen molar-refractivity contribution < 1.29 is 9.59 Å². The molecule has 0 bridgehead atoms. The highest BCUT2D eigenvalue weighted by molar-refractivity contribution is 5.97. The maximum Gasteiger partial charge on any atom is 0.223 e. The third kappa shape index (κ3) is 5.96. The predicted octanol–water partition coefficient (Wildman–Crippen LogP) is 2.84. The summed E-state index contributed by atoms with van der Waals surface area (Å²) in [6.45, 7) is 4.66. The van der Waals surface area contributed by atoms with E-state index in [-0.39, 0.29) is 24.1 Å². The van der Waals surface area contributed by atoms with Gasteiger partial charge in [-0.1, -0.05) is 29.8 Å². The number of hydrogen-bond donors (Lipinski definition) is 1. The number of nitrogens with one attached hydrogen (secondary N) is 1. The molecule has 128 valence electrons. The fourth-order valence-electron chi connectivity index (χ4n) is 2.94. The Morgan fingerprint density at radius 3 is 2.30 bits per heavy atom. The molecule has 1 aliphatic rings. The Balaban J connectivity index is 0.00000264. The molecule has 5 heteroatoms. The van der Waals surface area contributed by atoms with Gasteiger partial charge in [-0.15, -0.1) is 12.4 Å². The van der Waals surface area contributed by atoms with E-state index in [1.54, 1.807) is 0 Å². The monoisotopic (exact) mass is 338 g/mol. The Morgan fingerprint density at radius 2 is 1.74 bits per heavy atom. The van der Waals surface area contributed by atoms with Crippen molar-refractivity contribution in [1.82, 2.24) is 10.2 Å². The van der Waals surface area contributed by atoms with Gasteiger partial charge in [0.15, 0.2) is 5.78 Å². The SMILES string of the molecule is CNCC1CCN(C(=O)CCC(=O)c2ccc(C)cc2)CC1.Cl. The molecule has 0 aromatic heterocycles. The Bertz CT molecular complexity index is 508. The van der Waals surface area contributed by atoms with Crippen molar-refractivity contribution >= 4 is 24.1 Å². The van der Waals surface area contributed by atoms with Crippen LogP contribution in [-0.4, -0.2) is 43.3 Å². The summed E-state index contributed by atoms with van der Waals surface area (Å²) in [7, 11) is 1.97. The Kier molecular flexibility index (Phi) is 8.28. The Labute approximate surface area is 145 Å². The standard InChI is InChI=1S/C18H26N2O2.ClH/c1-14-3-5-16(6-4-14)17(21)7-8-18(22)20-11-9-15(10-12-20)13-19-2;/h3-6,15,19H,7-13H2,1-2H3;1H. The first-order chi connectivity index (χ1) is 10.6. The lowest BCUT2D eigenvalue weighted by Crippen LogP contribution is -2.40. The van der Waals surface area contributed by atoms with E-state index in [4.69, 9.17) is 0 Å². The van der Waals surface area contributed by atoms with E-state index in [9.17, 15) is 9.59 Å². The molecule has 23 heavy (non-hydrogen) atoms. The fraction of sp³-hybridized carbons (Fsp3) is 0.556. The van der Waals surface area contributed by atoms with Gasteiger partial charge in [0.2, 0.25) is 5.91 Å². The normalized spacial score (nSPS) is 15.1. The van der Waals surface area contributed by atoms with Crippen molar-refractivity contribution in [3.8, 4) is 0 Å². The van der Waals surface area contributed by atoms with Gasteiger partial charge < -0.3 is 10.2 Å². The number of carbonyl (C=O) groups is 2. The first kappa shape index (κ1) is 19.7. The van der Waals surface area contributed by atoms with Crippen molar-refractivity contribution in [1.29, 1.82) is 0 Å². The number of amides is 1. The van der Waals surface area contributed by atoms with Crippen LogP contribution in [0.5, 0.6) is 0 Å². The molecular weight excluding hydrogens is 312 g/mol. The largest absolute Gasteiger partial charge is 0.343 e. The van der Waals surface area contributed by atoms with Crippen LogP contribution in [0, 0.1) is 12.8 Å². The molecule has 0 unspecified atom stereocenters. The van der Waals surface area contributed by atoms with Crippen LogP contribution in [0.4, 0.5) is 0 Å². The maximum atomic E-state index is 12.2. The van der Waals surface area contributed by atoms with Gasteiger partial charge in [-0.05, 0) is 39.3 Å². The topological polar surface area (TPSA) is 49.4 Å². The summed E-state index contributed by atoms with van der Waals surface area (Å²) in [4.78, 5) is 26.2. The van der Waals surface area contributed by atoms with Crippen LogP contribution in [0.3, 0.4) is 0 Å². The van der Waals surface area contributed by atoms with Gasteiger partial charge in [-0.25, -0.2) is 0 Å². The molecular formula is C18H27ClN2O2. The van der Waals surface area contributed by atoms with Crippen LogP contribution in [0.1, 0.15) is 41.6 Å². The van der Waals surface area contributed by atoms with Crippen LogP contribution in [0.25, 0.3) is 0 Å². The van der Waals surface area contributed by atoms with Gasteiger partial charge in [0, 0.05) is 31.5 Å². The van der Waals surface area contributed by atoms with E-state index in [2.05, 4.69) is 5.32 Å². The van der Waals surface area contributed by atoms with Crippen molar-refractivity contribution in [2.75, 3.05) is 26.7 Å². The van der Waals surface area contributed by atoms with E-state index in [1.165, 1.54) is 0 Å². The minimum Gasteiger partial charge on any atom is -0.343 e. The number of hydrogen-bond acceptors (Lipinski definition) is 3. The number of piperidine rings is 1. The van der Waals surface area contributed by atoms with E-state index in [0.29, 0.717) is 24.3 Å². The van der Waals surface area contributed by atoms with Gasteiger partial charge in [-0.3, -0.25) is 9.59 Å². The zero-order valence-corrected chi connectivity index (χ0v) is 14.8. The number of Topliss-reactive ketones (excluding diaryl/α,β-unsaturated/α-hetero) is 1. The van der Waals surface area contributed by atoms with Crippen LogP contribution >= 0.6 is 12.4 Å². The molecule has 1 aliphatic heterocycles. The molecule has 1 saturated heterocycles. The van der Waals surface area contributed by atoms with E-state index >= 15 is 0 Å². The summed E-state index contributed by atoms with van der Waals surface area (Å²) >= 11 is 0. The number of rotatable bonds is 6. The van der Waals surface area contributed by atoms with Crippen LogP contribution in [0.15, 0.2) is 24.3 Å². The number of ketones is 1. The number of nitrogens with zero attached hydrogens (tertiary/aromatic N) is 1. The second kappa shape index (κ2) is 9.68. The second-order valence-corrected chi connectivity index (χ2v) is 6.17. The average molecular weight is 339 g/mol. The van der Waals surface area contributed by atoms with Gasteiger partial charge >= 0.3 is 0 Å². The maximum absolute atomic E-state index is 12.2. The number of aryl methyl sites for hydroxylation is 1. The van der Waals surface area contributed by atoms with Crippen molar-refractivity contribution in [3.63, 3.8) is 0 Å². The zero-order valence-electron chi connectivity index (χ0n) is 14.0. The third-order valence-electron chi connectivity index (χ3n) is 4.40. The molecule has 1 N–H and O–H groups in total. The fourth-order valence-corrected chi connectivity index (χ4v) is 2.94.